The van der Waals surface area contributed by atoms with E-state index in [-0.39, 0.29) is 17.1 Å². The third kappa shape index (κ3) is 3.47. The topological polar surface area (TPSA) is 98.5 Å². The molecule has 2 rings (SSSR count). The van der Waals surface area contributed by atoms with Crippen LogP contribution in [0.5, 0.6) is 5.75 Å². The van der Waals surface area contributed by atoms with E-state index >= 15 is 0 Å². The van der Waals surface area contributed by atoms with E-state index < -0.39 is 21.3 Å². The van der Waals surface area contributed by atoms with Gasteiger partial charge in [0.25, 0.3) is 5.91 Å². The summed E-state index contributed by atoms with van der Waals surface area (Å²) in [6.07, 6.45) is 0.401. The summed E-state index contributed by atoms with van der Waals surface area (Å²) in [5, 5.41) is 2.79. The van der Waals surface area contributed by atoms with Gasteiger partial charge in [-0.2, -0.15) is 0 Å². The summed E-state index contributed by atoms with van der Waals surface area (Å²) in [4.78, 5) is 12.5. The van der Waals surface area contributed by atoms with Gasteiger partial charge in [0.05, 0.1) is 23.7 Å². The minimum absolute atomic E-state index is 0.0531. The molecule has 0 radical (unpaired) electrons. The Balaban J connectivity index is 2.25. The first-order valence-corrected chi connectivity index (χ1v) is 8.63. The third-order valence-corrected chi connectivity index (χ3v) is 5.41. The van der Waals surface area contributed by atoms with E-state index in [2.05, 4.69) is 5.32 Å². The second-order valence-corrected chi connectivity index (χ2v) is 7.69. The predicted molar refractivity (Wildman–Crippen MR) is 81.2 cm³/mol. The van der Waals surface area contributed by atoms with Crippen LogP contribution in [0.25, 0.3) is 0 Å². The fraction of sp³-hybridized carbons (Fsp3) is 0.500. The standard InChI is InChI=1S/C14H20N2O4S/c1-3-20-11-6-4-5-10(15)12(11)13(17)16-14(2)7-8-21(18,19)9-14/h4-6H,3,7-9,15H2,1-2H3,(H,16,17). The SMILES string of the molecule is CCOc1cccc(N)c1C(=O)NC1(C)CCS(=O)(=O)C1. The van der Waals surface area contributed by atoms with Crippen molar-refractivity contribution in [2.24, 2.45) is 0 Å². The van der Waals surface area contributed by atoms with Crippen molar-refractivity contribution in [2.75, 3.05) is 23.8 Å². The molecule has 0 saturated carbocycles. The Hall–Kier alpha value is -1.76. The van der Waals surface area contributed by atoms with E-state index in [4.69, 9.17) is 10.5 Å². The molecule has 0 spiro atoms. The first-order chi connectivity index (χ1) is 9.76. The zero-order chi connectivity index (χ0) is 15.7. The summed E-state index contributed by atoms with van der Waals surface area (Å²) in [5.41, 5.74) is 5.66. The Morgan fingerprint density at radius 2 is 2.19 bits per heavy atom. The number of anilines is 1. The highest BCUT2D eigenvalue weighted by Crippen LogP contribution is 2.28. The summed E-state index contributed by atoms with van der Waals surface area (Å²) >= 11 is 0. The molecule has 1 aliphatic heterocycles. The number of amides is 1. The van der Waals surface area contributed by atoms with Gasteiger partial charge in [0, 0.05) is 5.69 Å². The molecule has 1 aromatic rings. The van der Waals surface area contributed by atoms with E-state index in [9.17, 15) is 13.2 Å². The quantitative estimate of drug-likeness (QED) is 0.807. The molecule has 1 fully saturated rings. The van der Waals surface area contributed by atoms with E-state index in [1.54, 1.807) is 25.1 Å². The number of hydrogen-bond acceptors (Lipinski definition) is 5. The zero-order valence-electron chi connectivity index (χ0n) is 12.2. The number of ether oxygens (including phenoxy) is 1. The highest BCUT2D eigenvalue weighted by atomic mass is 32.2. The van der Waals surface area contributed by atoms with Crippen molar-refractivity contribution in [2.45, 2.75) is 25.8 Å². The van der Waals surface area contributed by atoms with Gasteiger partial charge in [0.15, 0.2) is 9.84 Å². The Bertz CT molecular complexity index is 657. The molecule has 1 aromatic carbocycles. The van der Waals surface area contributed by atoms with E-state index in [0.29, 0.717) is 24.5 Å². The summed E-state index contributed by atoms with van der Waals surface area (Å²) in [7, 11) is -3.09. The van der Waals surface area contributed by atoms with Gasteiger partial charge >= 0.3 is 0 Å². The maximum atomic E-state index is 12.5. The Kier molecular flexibility index (Phi) is 4.13. The Labute approximate surface area is 124 Å². The molecule has 21 heavy (non-hydrogen) atoms. The zero-order valence-corrected chi connectivity index (χ0v) is 13.0. The molecule has 1 atom stereocenters. The number of nitrogens with one attached hydrogen (secondary N) is 1. The number of sulfone groups is 1. The molecular weight excluding hydrogens is 292 g/mol. The van der Waals surface area contributed by atoms with Gasteiger partial charge in [-0.05, 0) is 32.4 Å². The fourth-order valence-corrected chi connectivity index (χ4v) is 4.61. The van der Waals surface area contributed by atoms with Gasteiger partial charge < -0.3 is 15.8 Å². The number of hydrogen-bond donors (Lipinski definition) is 2. The van der Waals surface area contributed by atoms with Gasteiger partial charge in [-0.3, -0.25) is 4.79 Å². The molecule has 1 heterocycles. The summed E-state index contributed by atoms with van der Waals surface area (Å²) in [6.45, 7) is 3.96. The van der Waals surface area contributed by atoms with Crippen LogP contribution >= 0.6 is 0 Å². The van der Waals surface area contributed by atoms with Crippen molar-refractivity contribution in [3.63, 3.8) is 0 Å². The van der Waals surface area contributed by atoms with Crippen LogP contribution in [-0.4, -0.2) is 38.0 Å². The van der Waals surface area contributed by atoms with Crippen LogP contribution in [-0.2, 0) is 9.84 Å². The maximum Gasteiger partial charge on any atom is 0.257 e. The lowest BCUT2D eigenvalue weighted by atomic mass is 10.0. The normalized spacial score (nSPS) is 23.7. The third-order valence-electron chi connectivity index (χ3n) is 3.50. The van der Waals surface area contributed by atoms with Crippen LogP contribution in [0, 0.1) is 0 Å². The number of carbonyl (C=O) groups is 1. The van der Waals surface area contributed by atoms with E-state index in [1.165, 1.54) is 0 Å². The predicted octanol–water partition coefficient (Wildman–Crippen LogP) is 0.975. The Morgan fingerprint density at radius 1 is 1.48 bits per heavy atom. The molecule has 1 aliphatic rings. The monoisotopic (exact) mass is 312 g/mol. The first kappa shape index (κ1) is 15.6. The largest absolute Gasteiger partial charge is 0.493 e. The number of carbonyl (C=O) groups excluding carboxylic acids is 1. The minimum atomic E-state index is -3.09. The minimum Gasteiger partial charge on any atom is -0.493 e. The Morgan fingerprint density at radius 3 is 2.76 bits per heavy atom. The molecular formula is C14H20N2O4S. The van der Waals surface area contributed by atoms with Crippen LogP contribution < -0.4 is 15.8 Å². The molecule has 7 heteroatoms. The first-order valence-electron chi connectivity index (χ1n) is 6.80. The lowest BCUT2D eigenvalue weighted by molar-refractivity contribution is 0.0912. The molecule has 0 aliphatic carbocycles. The smallest absolute Gasteiger partial charge is 0.257 e. The van der Waals surface area contributed by atoms with Gasteiger partial charge in [-0.25, -0.2) is 8.42 Å². The van der Waals surface area contributed by atoms with Crippen LogP contribution in [0.4, 0.5) is 5.69 Å². The van der Waals surface area contributed by atoms with Crippen molar-refractivity contribution in [1.29, 1.82) is 0 Å². The molecule has 0 bridgehead atoms. The molecule has 3 N–H and O–H groups in total. The molecule has 0 aromatic heterocycles. The summed E-state index contributed by atoms with van der Waals surface area (Å²) < 4.78 is 28.6. The van der Waals surface area contributed by atoms with Crippen LogP contribution in [0.3, 0.4) is 0 Å². The molecule has 1 amide bonds. The summed E-state index contributed by atoms with van der Waals surface area (Å²) in [6, 6.07) is 4.99. The van der Waals surface area contributed by atoms with Gasteiger partial charge in [-0.1, -0.05) is 6.07 Å². The van der Waals surface area contributed by atoms with Crippen LogP contribution in [0.2, 0.25) is 0 Å². The van der Waals surface area contributed by atoms with Crippen LogP contribution in [0.15, 0.2) is 18.2 Å². The molecule has 1 unspecified atom stereocenters. The molecule has 116 valence electrons. The second kappa shape index (κ2) is 5.55. The highest BCUT2D eigenvalue weighted by Gasteiger charge is 2.40. The number of benzene rings is 1. The van der Waals surface area contributed by atoms with Crippen LogP contribution in [0.1, 0.15) is 30.6 Å². The lowest BCUT2D eigenvalue weighted by Crippen LogP contribution is -2.47. The van der Waals surface area contributed by atoms with E-state index in [0.717, 1.165) is 0 Å². The molecule has 6 nitrogen and oxygen atoms in total. The number of rotatable bonds is 4. The van der Waals surface area contributed by atoms with Crippen molar-refractivity contribution in [3.05, 3.63) is 23.8 Å². The second-order valence-electron chi connectivity index (χ2n) is 5.51. The van der Waals surface area contributed by atoms with Crippen molar-refractivity contribution in [3.8, 4) is 5.75 Å². The average Bonchev–Trinajstić information content (AvgIpc) is 2.63. The van der Waals surface area contributed by atoms with Gasteiger partial charge in [0.1, 0.15) is 11.3 Å². The maximum absolute atomic E-state index is 12.5. The van der Waals surface area contributed by atoms with Crippen molar-refractivity contribution in [1.82, 2.24) is 5.32 Å². The number of nitrogen functional groups attached to an aromatic ring is 1. The average molecular weight is 312 g/mol. The van der Waals surface area contributed by atoms with Crippen molar-refractivity contribution >= 4 is 21.4 Å². The fourth-order valence-electron chi connectivity index (χ4n) is 2.51. The van der Waals surface area contributed by atoms with Gasteiger partial charge in [0.2, 0.25) is 0 Å². The summed E-state index contributed by atoms with van der Waals surface area (Å²) in [5.74, 6) is 0.0325. The van der Waals surface area contributed by atoms with Crippen molar-refractivity contribution < 1.29 is 17.9 Å². The highest BCUT2D eigenvalue weighted by molar-refractivity contribution is 7.91. The lowest BCUT2D eigenvalue weighted by Gasteiger charge is -2.25. The van der Waals surface area contributed by atoms with Gasteiger partial charge in [-0.15, -0.1) is 0 Å². The van der Waals surface area contributed by atoms with E-state index in [1.807, 2.05) is 6.92 Å². The molecule has 1 saturated heterocycles. The number of nitrogens with two attached hydrogens (primary N) is 1.